The van der Waals surface area contributed by atoms with Gasteiger partial charge in [-0.25, -0.2) is 4.98 Å². The molecule has 10 rings (SSSR count). The smallest absolute Gasteiger partial charge is 0.145 e. The highest BCUT2D eigenvalue weighted by Gasteiger charge is 2.21. The summed E-state index contributed by atoms with van der Waals surface area (Å²) in [6.45, 7) is 2.33. The van der Waals surface area contributed by atoms with Gasteiger partial charge in [-0.1, -0.05) is 134 Å². The standard InChI is InChI=1S/C48H34N2/c1-31-12-11-15-34-29-36(24-26-39(31)34)46-40-18-7-8-19-41(40)47(35-23-22-32-13-5-6-14-33(32)28-35)43-30-37(25-27-42(43)46)48-49-44-20-9-10-21-45(44)50(48)38-16-3-2-4-17-38/h2-11,13-31H,12H2,1H3. The maximum atomic E-state index is 5.26. The highest BCUT2D eigenvalue weighted by atomic mass is 15.1. The van der Waals surface area contributed by atoms with E-state index in [0.29, 0.717) is 5.92 Å². The van der Waals surface area contributed by atoms with Crippen LogP contribution in [0.2, 0.25) is 0 Å². The number of fused-ring (bicyclic) bond motifs is 5. The van der Waals surface area contributed by atoms with Crippen LogP contribution in [0.15, 0.2) is 164 Å². The zero-order valence-corrected chi connectivity index (χ0v) is 27.8. The van der Waals surface area contributed by atoms with E-state index in [9.17, 15) is 0 Å². The Morgan fingerprint density at radius 2 is 1.20 bits per heavy atom. The minimum atomic E-state index is 0.527. The fourth-order valence-corrected chi connectivity index (χ4v) is 8.19. The monoisotopic (exact) mass is 638 g/mol. The van der Waals surface area contributed by atoms with Gasteiger partial charge in [0.15, 0.2) is 0 Å². The summed E-state index contributed by atoms with van der Waals surface area (Å²) in [5.74, 6) is 1.46. The van der Waals surface area contributed by atoms with Gasteiger partial charge in [-0.05, 0) is 121 Å². The topological polar surface area (TPSA) is 17.8 Å². The van der Waals surface area contributed by atoms with Crippen molar-refractivity contribution in [2.24, 2.45) is 0 Å². The zero-order valence-electron chi connectivity index (χ0n) is 27.8. The lowest BCUT2D eigenvalue weighted by molar-refractivity contribution is 0.772. The third-order valence-electron chi connectivity index (χ3n) is 10.6. The van der Waals surface area contributed by atoms with Crippen molar-refractivity contribution in [2.75, 3.05) is 0 Å². The Morgan fingerprint density at radius 3 is 2.06 bits per heavy atom. The molecule has 1 aliphatic carbocycles. The minimum absolute atomic E-state index is 0.527. The van der Waals surface area contributed by atoms with Crippen LogP contribution < -0.4 is 0 Å². The van der Waals surface area contributed by atoms with Crippen LogP contribution in [0, 0.1) is 0 Å². The third-order valence-corrected chi connectivity index (χ3v) is 10.6. The number of allylic oxidation sites excluding steroid dienone is 1. The number of para-hydroxylation sites is 3. The van der Waals surface area contributed by atoms with Crippen molar-refractivity contribution in [1.29, 1.82) is 0 Å². The average Bonchev–Trinajstić information content (AvgIpc) is 3.57. The molecule has 1 aliphatic rings. The van der Waals surface area contributed by atoms with Crippen LogP contribution in [0.5, 0.6) is 0 Å². The maximum Gasteiger partial charge on any atom is 0.145 e. The van der Waals surface area contributed by atoms with Gasteiger partial charge < -0.3 is 0 Å². The summed E-state index contributed by atoms with van der Waals surface area (Å²) >= 11 is 0. The van der Waals surface area contributed by atoms with Crippen LogP contribution in [0.1, 0.15) is 30.4 Å². The van der Waals surface area contributed by atoms with Gasteiger partial charge in [0.2, 0.25) is 0 Å². The molecular weight excluding hydrogens is 605 g/mol. The van der Waals surface area contributed by atoms with E-state index >= 15 is 0 Å². The minimum Gasteiger partial charge on any atom is -0.292 e. The van der Waals surface area contributed by atoms with E-state index in [4.69, 9.17) is 4.98 Å². The molecule has 0 spiro atoms. The van der Waals surface area contributed by atoms with Gasteiger partial charge in [-0.2, -0.15) is 0 Å². The number of nitrogens with zero attached hydrogens (tertiary/aromatic N) is 2. The Bertz CT molecular complexity index is 2800. The molecule has 0 saturated heterocycles. The van der Waals surface area contributed by atoms with Crippen molar-refractivity contribution < 1.29 is 0 Å². The van der Waals surface area contributed by atoms with Crippen molar-refractivity contribution in [3.05, 3.63) is 175 Å². The summed E-state index contributed by atoms with van der Waals surface area (Å²) in [4.78, 5) is 5.26. The molecule has 0 saturated carbocycles. The quantitative estimate of drug-likeness (QED) is 0.175. The Balaban J connectivity index is 1.31. The maximum absolute atomic E-state index is 5.26. The van der Waals surface area contributed by atoms with Gasteiger partial charge in [-0.3, -0.25) is 4.57 Å². The molecule has 9 aromatic rings. The predicted octanol–water partition coefficient (Wildman–Crippen LogP) is 13.0. The van der Waals surface area contributed by atoms with Crippen molar-refractivity contribution >= 4 is 49.4 Å². The van der Waals surface area contributed by atoms with Gasteiger partial charge in [-0.15, -0.1) is 0 Å². The molecule has 2 heteroatoms. The van der Waals surface area contributed by atoms with Crippen molar-refractivity contribution in [3.8, 4) is 39.3 Å². The Morgan fingerprint density at radius 1 is 0.540 bits per heavy atom. The van der Waals surface area contributed by atoms with Crippen LogP contribution in [0.3, 0.4) is 0 Å². The number of aromatic nitrogens is 2. The summed E-state index contributed by atoms with van der Waals surface area (Å²) < 4.78 is 2.30. The molecule has 2 nitrogen and oxygen atoms in total. The van der Waals surface area contributed by atoms with Crippen LogP contribution in [0.4, 0.5) is 0 Å². The number of rotatable bonds is 4. The molecule has 50 heavy (non-hydrogen) atoms. The second-order valence-electron chi connectivity index (χ2n) is 13.6. The molecule has 0 N–H and O–H groups in total. The molecule has 1 unspecified atom stereocenters. The zero-order chi connectivity index (χ0) is 33.2. The molecule has 1 aromatic heterocycles. The lowest BCUT2D eigenvalue weighted by Crippen LogP contribution is -2.00. The van der Waals surface area contributed by atoms with Crippen LogP contribution in [0.25, 0.3) is 88.8 Å². The average molecular weight is 639 g/mol. The lowest BCUT2D eigenvalue weighted by Gasteiger charge is -2.21. The van der Waals surface area contributed by atoms with Crippen LogP contribution in [-0.2, 0) is 0 Å². The van der Waals surface area contributed by atoms with Crippen molar-refractivity contribution in [2.45, 2.75) is 19.3 Å². The molecule has 236 valence electrons. The first-order chi connectivity index (χ1) is 24.7. The molecule has 0 radical (unpaired) electrons. The fourth-order valence-electron chi connectivity index (χ4n) is 8.19. The largest absolute Gasteiger partial charge is 0.292 e. The number of benzene rings is 8. The summed E-state index contributed by atoms with van der Waals surface area (Å²) in [7, 11) is 0. The SMILES string of the molecule is CC1CC=Cc2cc(-c3c4ccccc4c(-c4ccc5ccccc5c4)c4cc(-c5nc6ccccc6n5-c5ccccc5)ccc34)ccc21. The highest BCUT2D eigenvalue weighted by molar-refractivity contribution is 6.22. The van der Waals surface area contributed by atoms with Gasteiger partial charge in [0, 0.05) is 11.3 Å². The van der Waals surface area contributed by atoms with E-state index in [2.05, 4.69) is 181 Å². The summed E-state index contributed by atoms with van der Waals surface area (Å²) in [5.41, 5.74) is 12.0. The first-order valence-corrected chi connectivity index (χ1v) is 17.5. The first kappa shape index (κ1) is 28.7. The van der Waals surface area contributed by atoms with E-state index in [0.717, 1.165) is 34.5 Å². The number of imidazole rings is 1. The predicted molar refractivity (Wildman–Crippen MR) is 212 cm³/mol. The molecule has 8 aromatic carbocycles. The number of hydrogen-bond donors (Lipinski definition) is 0. The Kier molecular flexibility index (Phi) is 6.57. The lowest BCUT2D eigenvalue weighted by atomic mass is 9.82. The summed E-state index contributed by atoms with van der Waals surface area (Å²) in [6, 6.07) is 57.6. The highest BCUT2D eigenvalue weighted by Crippen LogP contribution is 2.46. The summed E-state index contributed by atoms with van der Waals surface area (Å²) in [6.07, 6.45) is 5.72. The third kappa shape index (κ3) is 4.53. The van der Waals surface area contributed by atoms with Gasteiger partial charge in [0.1, 0.15) is 5.82 Å². The van der Waals surface area contributed by atoms with Gasteiger partial charge in [0.25, 0.3) is 0 Å². The van der Waals surface area contributed by atoms with E-state index in [1.54, 1.807) is 0 Å². The molecule has 1 heterocycles. The normalized spacial score (nSPS) is 14.1. The van der Waals surface area contributed by atoms with E-state index in [1.165, 1.54) is 65.7 Å². The molecule has 0 aliphatic heterocycles. The van der Waals surface area contributed by atoms with Crippen LogP contribution in [-0.4, -0.2) is 9.55 Å². The summed E-state index contributed by atoms with van der Waals surface area (Å²) in [5, 5.41) is 7.46. The van der Waals surface area contributed by atoms with Crippen LogP contribution >= 0.6 is 0 Å². The Labute approximate surface area is 291 Å². The molecule has 0 fully saturated rings. The Hall–Kier alpha value is -6.25. The van der Waals surface area contributed by atoms with Crippen molar-refractivity contribution in [1.82, 2.24) is 9.55 Å². The second-order valence-corrected chi connectivity index (χ2v) is 13.6. The first-order valence-electron chi connectivity index (χ1n) is 17.5. The van der Waals surface area contributed by atoms with Crippen molar-refractivity contribution in [3.63, 3.8) is 0 Å². The molecule has 1 atom stereocenters. The molecule has 0 bridgehead atoms. The fraction of sp³-hybridized carbons (Fsp3) is 0.0625. The second kappa shape index (κ2) is 11.4. The van der Waals surface area contributed by atoms with Gasteiger partial charge in [0.05, 0.1) is 11.0 Å². The molecular formula is C48H34N2. The van der Waals surface area contributed by atoms with E-state index < -0.39 is 0 Å². The van der Waals surface area contributed by atoms with E-state index in [1.807, 2.05) is 0 Å². The van der Waals surface area contributed by atoms with E-state index in [-0.39, 0.29) is 0 Å². The molecule has 0 amide bonds. The number of hydrogen-bond acceptors (Lipinski definition) is 1. The van der Waals surface area contributed by atoms with Gasteiger partial charge >= 0.3 is 0 Å².